The van der Waals surface area contributed by atoms with Crippen LogP contribution in [0.5, 0.6) is 0 Å². The van der Waals surface area contributed by atoms with Crippen molar-refractivity contribution in [1.29, 1.82) is 5.41 Å². The highest BCUT2D eigenvalue weighted by Gasteiger charge is 2.20. The molecule has 0 aromatic heterocycles. The number of halogens is 1. The lowest BCUT2D eigenvalue weighted by molar-refractivity contribution is 0.484. The van der Waals surface area contributed by atoms with Gasteiger partial charge in [0.25, 0.3) is 0 Å². The van der Waals surface area contributed by atoms with Gasteiger partial charge in [-0.05, 0) is 60.3 Å². The van der Waals surface area contributed by atoms with Crippen LogP contribution in [0, 0.1) is 5.41 Å². The van der Waals surface area contributed by atoms with Crippen molar-refractivity contribution >= 4 is 27.5 Å². The van der Waals surface area contributed by atoms with Crippen LogP contribution in [0.1, 0.15) is 31.7 Å². The van der Waals surface area contributed by atoms with Crippen LogP contribution >= 0.6 is 15.9 Å². The fourth-order valence-electron chi connectivity index (χ4n) is 2.36. The molecule has 17 heavy (non-hydrogen) atoms. The first-order valence-corrected chi connectivity index (χ1v) is 6.79. The minimum Gasteiger partial charge on any atom is -0.384 e. The summed E-state index contributed by atoms with van der Waals surface area (Å²) in [7, 11) is 0. The number of nitrogens with zero attached hydrogens (tertiary/aromatic N) is 1. The van der Waals surface area contributed by atoms with E-state index in [0.29, 0.717) is 6.04 Å². The quantitative estimate of drug-likeness (QED) is 0.651. The lowest BCUT2D eigenvalue weighted by Gasteiger charge is -2.36. The topological polar surface area (TPSA) is 53.1 Å². The standard InChI is InChI=1S/C13H18BrN3/c1-9-4-2-3-7-17(9)12-6-5-10(13(15)16)8-11(12)14/h5-6,8-9H,2-4,7H2,1H3,(H3,15,16). The number of piperidine rings is 1. The molecule has 1 unspecified atom stereocenters. The Kier molecular flexibility index (Phi) is 3.72. The second-order valence-electron chi connectivity index (χ2n) is 4.62. The SMILES string of the molecule is CC1CCCCN1c1ccc(C(=N)N)cc1Br. The van der Waals surface area contributed by atoms with E-state index in [1.54, 1.807) is 0 Å². The summed E-state index contributed by atoms with van der Waals surface area (Å²) in [6.45, 7) is 3.38. The first kappa shape index (κ1) is 12.4. The van der Waals surface area contributed by atoms with E-state index >= 15 is 0 Å². The molecule has 0 spiro atoms. The third kappa shape index (κ3) is 2.63. The zero-order valence-electron chi connectivity index (χ0n) is 10.0. The van der Waals surface area contributed by atoms with Crippen LogP contribution < -0.4 is 10.6 Å². The molecule has 1 heterocycles. The lowest BCUT2D eigenvalue weighted by Crippen LogP contribution is -2.37. The number of nitrogen functional groups attached to an aromatic ring is 1. The van der Waals surface area contributed by atoms with E-state index in [1.165, 1.54) is 24.9 Å². The van der Waals surface area contributed by atoms with Crippen molar-refractivity contribution in [3.8, 4) is 0 Å². The molecule has 1 atom stereocenters. The third-order valence-electron chi connectivity index (χ3n) is 3.37. The molecule has 1 aromatic rings. The maximum Gasteiger partial charge on any atom is 0.122 e. The summed E-state index contributed by atoms with van der Waals surface area (Å²) in [6.07, 6.45) is 3.83. The minimum absolute atomic E-state index is 0.115. The lowest BCUT2D eigenvalue weighted by atomic mass is 10.0. The Bertz CT molecular complexity index is 431. The molecule has 0 amide bonds. The number of rotatable bonds is 2. The first-order chi connectivity index (χ1) is 8.09. The van der Waals surface area contributed by atoms with Crippen molar-refractivity contribution in [2.24, 2.45) is 5.73 Å². The third-order valence-corrected chi connectivity index (χ3v) is 4.01. The Labute approximate surface area is 111 Å². The predicted molar refractivity (Wildman–Crippen MR) is 75.8 cm³/mol. The van der Waals surface area contributed by atoms with Crippen LogP contribution in [0.15, 0.2) is 22.7 Å². The van der Waals surface area contributed by atoms with Gasteiger partial charge in [0, 0.05) is 22.6 Å². The molecule has 2 rings (SSSR count). The van der Waals surface area contributed by atoms with E-state index in [-0.39, 0.29) is 5.84 Å². The normalized spacial score (nSPS) is 20.4. The Morgan fingerprint density at radius 2 is 2.24 bits per heavy atom. The summed E-state index contributed by atoms with van der Waals surface area (Å²) in [5.74, 6) is 0.115. The smallest absolute Gasteiger partial charge is 0.122 e. The van der Waals surface area contributed by atoms with Crippen LogP contribution in [-0.2, 0) is 0 Å². The number of amidine groups is 1. The number of nitrogens with one attached hydrogen (secondary N) is 1. The van der Waals surface area contributed by atoms with Crippen LogP contribution in [-0.4, -0.2) is 18.4 Å². The zero-order chi connectivity index (χ0) is 12.4. The van der Waals surface area contributed by atoms with Crippen molar-refractivity contribution < 1.29 is 0 Å². The first-order valence-electron chi connectivity index (χ1n) is 6.00. The Hall–Kier alpha value is -1.03. The molecule has 3 nitrogen and oxygen atoms in total. The van der Waals surface area contributed by atoms with Gasteiger partial charge >= 0.3 is 0 Å². The number of hydrogen-bond acceptors (Lipinski definition) is 2. The van der Waals surface area contributed by atoms with Gasteiger partial charge in [0.1, 0.15) is 5.84 Å². The van der Waals surface area contributed by atoms with Gasteiger partial charge in [-0.25, -0.2) is 0 Å². The average molecular weight is 296 g/mol. The van der Waals surface area contributed by atoms with Crippen molar-refractivity contribution in [1.82, 2.24) is 0 Å². The molecule has 3 N–H and O–H groups in total. The van der Waals surface area contributed by atoms with E-state index in [1.807, 2.05) is 12.1 Å². The largest absolute Gasteiger partial charge is 0.384 e. The van der Waals surface area contributed by atoms with E-state index in [0.717, 1.165) is 16.6 Å². The summed E-state index contributed by atoms with van der Waals surface area (Å²) < 4.78 is 1.03. The molecule has 1 fully saturated rings. The van der Waals surface area contributed by atoms with Gasteiger partial charge in [0.15, 0.2) is 0 Å². The van der Waals surface area contributed by atoms with E-state index in [2.05, 4.69) is 33.8 Å². The highest BCUT2D eigenvalue weighted by molar-refractivity contribution is 9.10. The Morgan fingerprint density at radius 3 is 2.82 bits per heavy atom. The molecular weight excluding hydrogens is 278 g/mol. The van der Waals surface area contributed by atoms with Crippen molar-refractivity contribution in [2.45, 2.75) is 32.2 Å². The molecule has 92 valence electrons. The summed E-state index contributed by atoms with van der Waals surface area (Å²) >= 11 is 3.58. The zero-order valence-corrected chi connectivity index (χ0v) is 11.6. The molecule has 0 bridgehead atoms. The fourth-order valence-corrected chi connectivity index (χ4v) is 2.97. The molecule has 1 aromatic carbocycles. The van der Waals surface area contributed by atoms with Gasteiger partial charge < -0.3 is 10.6 Å². The van der Waals surface area contributed by atoms with Crippen molar-refractivity contribution in [3.63, 3.8) is 0 Å². The maximum absolute atomic E-state index is 7.43. The van der Waals surface area contributed by atoms with E-state index in [9.17, 15) is 0 Å². The summed E-state index contributed by atoms with van der Waals surface area (Å²) in [5.41, 5.74) is 7.47. The molecule has 0 aliphatic carbocycles. The van der Waals surface area contributed by atoms with Gasteiger partial charge in [0.2, 0.25) is 0 Å². The van der Waals surface area contributed by atoms with Crippen LogP contribution in [0.3, 0.4) is 0 Å². The van der Waals surface area contributed by atoms with Gasteiger partial charge in [-0.2, -0.15) is 0 Å². The number of hydrogen-bond donors (Lipinski definition) is 2. The van der Waals surface area contributed by atoms with E-state index in [4.69, 9.17) is 11.1 Å². The summed E-state index contributed by atoms with van der Waals surface area (Å²) in [6, 6.07) is 6.49. The molecule has 0 radical (unpaired) electrons. The van der Waals surface area contributed by atoms with Crippen molar-refractivity contribution in [3.05, 3.63) is 28.2 Å². The second-order valence-corrected chi connectivity index (χ2v) is 5.47. The molecule has 1 saturated heterocycles. The Morgan fingerprint density at radius 1 is 1.47 bits per heavy atom. The van der Waals surface area contributed by atoms with Gasteiger partial charge in [-0.3, -0.25) is 5.41 Å². The number of anilines is 1. The molecule has 0 saturated carbocycles. The highest BCUT2D eigenvalue weighted by Crippen LogP contribution is 2.31. The van der Waals surface area contributed by atoms with E-state index < -0.39 is 0 Å². The van der Waals surface area contributed by atoms with Gasteiger partial charge in [-0.1, -0.05) is 0 Å². The maximum atomic E-state index is 7.43. The van der Waals surface area contributed by atoms with Crippen LogP contribution in [0.2, 0.25) is 0 Å². The molecule has 1 aliphatic heterocycles. The highest BCUT2D eigenvalue weighted by atomic mass is 79.9. The minimum atomic E-state index is 0.115. The van der Waals surface area contributed by atoms with Crippen molar-refractivity contribution in [2.75, 3.05) is 11.4 Å². The van der Waals surface area contributed by atoms with Crippen LogP contribution in [0.4, 0.5) is 5.69 Å². The predicted octanol–water partition coefficient (Wildman–Crippen LogP) is 3.11. The summed E-state index contributed by atoms with van der Waals surface area (Å²) in [5, 5.41) is 7.43. The van der Waals surface area contributed by atoms with Gasteiger partial charge in [0.05, 0.1) is 5.69 Å². The monoisotopic (exact) mass is 295 g/mol. The Balaban J connectivity index is 2.29. The number of benzene rings is 1. The second kappa shape index (κ2) is 5.08. The van der Waals surface area contributed by atoms with Gasteiger partial charge in [-0.15, -0.1) is 0 Å². The summed E-state index contributed by atoms with van der Waals surface area (Å²) in [4.78, 5) is 2.43. The molecule has 1 aliphatic rings. The van der Waals surface area contributed by atoms with Crippen LogP contribution in [0.25, 0.3) is 0 Å². The molecular formula is C13H18BrN3. The average Bonchev–Trinajstić information content (AvgIpc) is 2.30. The fraction of sp³-hybridized carbons (Fsp3) is 0.462. The molecule has 4 heteroatoms. The number of nitrogens with two attached hydrogens (primary N) is 1.